The lowest BCUT2D eigenvalue weighted by molar-refractivity contribution is -0.126. The first-order valence-corrected chi connectivity index (χ1v) is 6.44. The lowest BCUT2D eigenvalue weighted by Gasteiger charge is -2.16. The van der Waals surface area contributed by atoms with E-state index in [1.54, 1.807) is 13.3 Å². The van der Waals surface area contributed by atoms with Crippen LogP contribution in [0.1, 0.15) is 12.6 Å². The largest absolute Gasteiger partial charge is 0.396 e. The van der Waals surface area contributed by atoms with Crippen molar-refractivity contribution in [3.63, 3.8) is 0 Å². The Morgan fingerprint density at radius 3 is 2.89 bits per heavy atom. The van der Waals surface area contributed by atoms with E-state index >= 15 is 0 Å². The normalized spacial score (nSPS) is 13.8. The number of rotatable bonds is 8. The summed E-state index contributed by atoms with van der Waals surface area (Å²) in [7, 11) is 1.57. The predicted molar refractivity (Wildman–Crippen MR) is 72.6 cm³/mol. The molecule has 0 fully saturated rings. The molecule has 0 aliphatic rings. The summed E-state index contributed by atoms with van der Waals surface area (Å²) in [6, 6.07) is 5.68. The fraction of sp³-hybridized carbons (Fsp3) is 0.571. The molecule has 0 aliphatic heterocycles. The van der Waals surface area contributed by atoms with Gasteiger partial charge in [-0.25, -0.2) is 0 Å². The van der Waals surface area contributed by atoms with Crippen LogP contribution >= 0.6 is 0 Å². The van der Waals surface area contributed by atoms with Gasteiger partial charge in [0.05, 0.1) is 12.5 Å². The number of amides is 1. The minimum Gasteiger partial charge on any atom is -0.396 e. The molecule has 2 N–H and O–H groups in total. The molecule has 5 heteroatoms. The van der Waals surface area contributed by atoms with E-state index in [0.717, 1.165) is 5.69 Å². The number of nitrogens with one attached hydrogen (secondary N) is 1. The second-order valence-corrected chi connectivity index (χ2v) is 4.68. The van der Waals surface area contributed by atoms with Crippen LogP contribution < -0.4 is 5.32 Å². The Hall–Kier alpha value is -1.46. The van der Waals surface area contributed by atoms with Gasteiger partial charge >= 0.3 is 0 Å². The van der Waals surface area contributed by atoms with E-state index in [0.29, 0.717) is 19.6 Å². The number of hydrogen-bond acceptors (Lipinski definition) is 4. The lowest BCUT2D eigenvalue weighted by atomic mass is 10.0. The van der Waals surface area contributed by atoms with E-state index < -0.39 is 0 Å². The Bertz CT molecular complexity index is 370. The highest BCUT2D eigenvalue weighted by Gasteiger charge is 2.15. The van der Waals surface area contributed by atoms with Gasteiger partial charge in [-0.15, -0.1) is 0 Å². The van der Waals surface area contributed by atoms with Crippen LogP contribution in [0.5, 0.6) is 0 Å². The van der Waals surface area contributed by atoms with Crippen molar-refractivity contribution in [3.8, 4) is 0 Å². The van der Waals surface area contributed by atoms with Gasteiger partial charge < -0.3 is 15.2 Å². The molecule has 1 aromatic rings. The van der Waals surface area contributed by atoms with Gasteiger partial charge in [0.2, 0.25) is 5.91 Å². The minimum atomic E-state index is -0.181. The third-order valence-electron chi connectivity index (χ3n) is 2.91. The molecule has 0 aliphatic carbocycles. The lowest BCUT2D eigenvalue weighted by Crippen LogP contribution is -2.36. The third kappa shape index (κ3) is 5.81. The monoisotopic (exact) mass is 266 g/mol. The number of nitrogens with zero attached hydrogens (tertiary/aromatic N) is 1. The van der Waals surface area contributed by atoms with E-state index in [2.05, 4.69) is 10.3 Å². The summed E-state index contributed by atoms with van der Waals surface area (Å²) in [4.78, 5) is 15.9. The number of carbonyl (C=O) groups excluding carboxylic acids is 1. The van der Waals surface area contributed by atoms with Gasteiger partial charge in [0.25, 0.3) is 0 Å². The summed E-state index contributed by atoms with van der Waals surface area (Å²) in [5.74, 6) is -0.255. The van der Waals surface area contributed by atoms with Crippen molar-refractivity contribution in [3.05, 3.63) is 30.1 Å². The smallest absolute Gasteiger partial charge is 0.225 e. The number of carbonyl (C=O) groups is 1. The van der Waals surface area contributed by atoms with Crippen molar-refractivity contribution in [1.82, 2.24) is 10.3 Å². The van der Waals surface area contributed by atoms with E-state index in [1.165, 1.54) is 0 Å². The molecule has 0 aromatic carbocycles. The molecule has 2 atom stereocenters. The molecule has 1 rings (SSSR count). The average Bonchev–Trinajstić information content (AvgIpc) is 2.44. The van der Waals surface area contributed by atoms with Crippen LogP contribution in [0.4, 0.5) is 0 Å². The van der Waals surface area contributed by atoms with Crippen LogP contribution in [-0.2, 0) is 16.0 Å². The van der Waals surface area contributed by atoms with E-state index in [4.69, 9.17) is 4.74 Å². The topological polar surface area (TPSA) is 71.5 Å². The number of hydrogen-bond donors (Lipinski definition) is 2. The molecule has 2 unspecified atom stereocenters. The molecule has 1 heterocycles. The molecule has 0 bridgehead atoms. The van der Waals surface area contributed by atoms with Gasteiger partial charge in [0, 0.05) is 38.1 Å². The van der Waals surface area contributed by atoms with Gasteiger partial charge in [0.1, 0.15) is 0 Å². The van der Waals surface area contributed by atoms with Crippen LogP contribution in [-0.4, -0.2) is 42.9 Å². The van der Waals surface area contributed by atoms with E-state index in [1.807, 2.05) is 25.1 Å². The summed E-state index contributed by atoms with van der Waals surface area (Å²) in [5, 5.41) is 12.2. The average molecular weight is 266 g/mol. The molecule has 0 saturated carbocycles. The zero-order chi connectivity index (χ0) is 14.1. The molecule has 0 radical (unpaired) electrons. The van der Waals surface area contributed by atoms with Crippen LogP contribution in [0.3, 0.4) is 0 Å². The Balaban J connectivity index is 2.39. The maximum absolute atomic E-state index is 11.7. The maximum atomic E-state index is 11.7. The molecular weight excluding hydrogens is 244 g/mol. The molecule has 19 heavy (non-hydrogen) atoms. The first kappa shape index (κ1) is 15.6. The second-order valence-electron chi connectivity index (χ2n) is 4.68. The third-order valence-corrected chi connectivity index (χ3v) is 2.91. The van der Waals surface area contributed by atoms with Crippen LogP contribution in [0, 0.1) is 11.8 Å². The van der Waals surface area contributed by atoms with Gasteiger partial charge in [0.15, 0.2) is 0 Å². The maximum Gasteiger partial charge on any atom is 0.225 e. The minimum absolute atomic E-state index is 0.0198. The van der Waals surface area contributed by atoms with Gasteiger partial charge in [-0.05, 0) is 18.6 Å². The molecule has 1 amide bonds. The summed E-state index contributed by atoms with van der Waals surface area (Å²) in [5.41, 5.74) is 0.917. The summed E-state index contributed by atoms with van der Waals surface area (Å²) in [6.45, 7) is 2.68. The summed E-state index contributed by atoms with van der Waals surface area (Å²) < 4.78 is 4.93. The highest BCUT2D eigenvalue weighted by molar-refractivity contribution is 5.78. The highest BCUT2D eigenvalue weighted by atomic mass is 16.5. The van der Waals surface area contributed by atoms with E-state index in [-0.39, 0.29) is 24.3 Å². The molecule has 5 nitrogen and oxygen atoms in total. The summed E-state index contributed by atoms with van der Waals surface area (Å²) >= 11 is 0. The zero-order valence-electron chi connectivity index (χ0n) is 11.5. The quantitative estimate of drug-likeness (QED) is 0.724. The number of aliphatic hydroxyl groups is 1. The first-order chi connectivity index (χ1) is 9.17. The van der Waals surface area contributed by atoms with Gasteiger partial charge in [-0.2, -0.15) is 0 Å². The Kier molecular flexibility index (Phi) is 7.07. The van der Waals surface area contributed by atoms with Crippen molar-refractivity contribution in [1.29, 1.82) is 0 Å². The van der Waals surface area contributed by atoms with Crippen molar-refractivity contribution in [2.75, 3.05) is 26.9 Å². The van der Waals surface area contributed by atoms with E-state index in [9.17, 15) is 9.90 Å². The zero-order valence-corrected chi connectivity index (χ0v) is 11.5. The number of methoxy groups -OCH3 is 1. The van der Waals surface area contributed by atoms with Crippen molar-refractivity contribution >= 4 is 5.91 Å². The van der Waals surface area contributed by atoms with Crippen LogP contribution in [0.25, 0.3) is 0 Å². The fourth-order valence-electron chi connectivity index (χ4n) is 1.76. The van der Waals surface area contributed by atoms with Gasteiger partial charge in [-0.3, -0.25) is 9.78 Å². The second kappa shape index (κ2) is 8.61. The number of pyridine rings is 1. The van der Waals surface area contributed by atoms with Crippen LogP contribution in [0.2, 0.25) is 0 Å². The highest BCUT2D eigenvalue weighted by Crippen LogP contribution is 2.05. The van der Waals surface area contributed by atoms with Crippen molar-refractivity contribution in [2.24, 2.45) is 11.8 Å². The standard InChI is InChI=1S/C14H22N2O3/c1-11(10-19-2)14(18)16-8-12(9-17)7-13-5-3-4-6-15-13/h3-6,11-12,17H,7-10H2,1-2H3,(H,16,18). The number of aromatic nitrogens is 1. The molecular formula is C14H22N2O3. The SMILES string of the molecule is COCC(C)C(=O)NCC(CO)Cc1ccccn1. The number of ether oxygens (including phenoxy) is 1. The Morgan fingerprint density at radius 1 is 1.53 bits per heavy atom. The van der Waals surface area contributed by atoms with Gasteiger partial charge in [-0.1, -0.05) is 13.0 Å². The molecule has 106 valence electrons. The number of aliphatic hydroxyl groups excluding tert-OH is 1. The first-order valence-electron chi connectivity index (χ1n) is 6.44. The van der Waals surface area contributed by atoms with Crippen molar-refractivity contribution < 1.29 is 14.6 Å². The predicted octanol–water partition coefficient (Wildman–Crippen LogP) is 0.631. The molecule has 0 spiro atoms. The fourth-order valence-corrected chi connectivity index (χ4v) is 1.76. The summed E-state index contributed by atoms with van der Waals surface area (Å²) in [6.07, 6.45) is 2.37. The molecule has 1 aromatic heterocycles. The van der Waals surface area contributed by atoms with Crippen molar-refractivity contribution in [2.45, 2.75) is 13.3 Å². The Labute approximate surface area is 114 Å². The van der Waals surface area contributed by atoms with Crippen LogP contribution in [0.15, 0.2) is 24.4 Å². The molecule has 0 saturated heterocycles. The Morgan fingerprint density at radius 2 is 2.32 bits per heavy atom.